The molecule has 2 rings (SSSR count). The Morgan fingerprint density at radius 3 is 2.36 bits per heavy atom. The SMILES string of the molecule is O=C(O)/C=C/c1ccc(-c2ccccc2F)cc1C(F)(F)F. The molecule has 0 amide bonds. The highest BCUT2D eigenvalue weighted by Crippen LogP contribution is 2.36. The van der Waals surface area contributed by atoms with Crippen molar-refractivity contribution in [1.29, 1.82) is 0 Å². The van der Waals surface area contributed by atoms with Crippen LogP contribution in [0.4, 0.5) is 17.6 Å². The molecular formula is C16H10F4O2. The quantitative estimate of drug-likeness (QED) is 0.664. The second-order valence-electron chi connectivity index (χ2n) is 4.45. The average Bonchev–Trinajstić information content (AvgIpc) is 2.44. The number of hydrogen-bond acceptors (Lipinski definition) is 1. The number of halogens is 4. The molecule has 0 saturated carbocycles. The van der Waals surface area contributed by atoms with Crippen LogP contribution in [0.1, 0.15) is 11.1 Å². The van der Waals surface area contributed by atoms with Crippen molar-refractivity contribution < 1.29 is 27.5 Å². The summed E-state index contributed by atoms with van der Waals surface area (Å²) in [5.74, 6) is -1.99. The highest BCUT2D eigenvalue weighted by Gasteiger charge is 2.33. The fraction of sp³-hybridized carbons (Fsp3) is 0.0625. The van der Waals surface area contributed by atoms with Crippen molar-refractivity contribution in [1.82, 2.24) is 0 Å². The van der Waals surface area contributed by atoms with Crippen molar-refractivity contribution in [3.8, 4) is 11.1 Å². The maximum atomic E-state index is 13.7. The molecule has 0 aliphatic carbocycles. The second-order valence-corrected chi connectivity index (χ2v) is 4.45. The van der Waals surface area contributed by atoms with Crippen LogP contribution in [-0.4, -0.2) is 11.1 Å². The third kappa shape index (κ3) is 3.52. The van der Waals surface area contributed by atoms with Crippen molar-refractivity contribution >= 4 is 12.0 Å². The van der Waals surface area contributed by atoms with Crippen LogP contribution >= 0.6 is 0 Å². The molecule has 2 nitrogen and oxygen atoms in total. The number of alkyl halides is 3. The molecule has 0 bridgehead atoms. The van der Waals surface area contributed by atoms with E-state index in [1.807, 2.05) is 0 Å². The summed E-state index contributed by atoms with van der Waals surface area (Å²) in [5, 5.41) is 8.52. The van der Waals surface area contributed by atoms with Gasteiger partial charge in [-0.25, -0.2) is 9.18 Å². The van der Waals surface area contributed by atoms with E-state index >= 15 is 0 Å². The monoisotopic (exact) mass is 310 g/mol. The number of rotatable bonds is 3. The van der Waals surface area contributed by atoms with Gasteiger partial charge in [-0.15, -0.1) is 0 Å². The van der Waals surface area contributed by atoms with Crippen LogP contribution in [0.5, 0.6) is 0 Å². The molecule has 2 aromatic carbocycles. The van der Waals surface area contributed by atoms with Gasteiger partial charge in [-0.05, 0) is 29.3 Å². The number of carbonyl (C=O) groups is 1. The van der Waals surface area contributed by atoms with E-state index in [2.05, 4.69) is 0 Å². The smallest absolute Gasteiger partial charge is 0.417 e. The van der Waals surface area contributed by atoms with Gasteiger partial charge in [-0.3, -0.25) is 0 Å². The maximum Gasteiger partial charge on any atom is 0.417 e. The van der Waals surface area contributed by atoms with Crippen LogP contribution in [-0.2, 0) is 11.0 Å². The Morgan fingerprint density at radius 2 is 1.77 bits per heavy atom. The molecule has 0 aliphatic heterocycles. The third-order valence-electron chi connectivity index (χ3n) is 2.95. The molecule has 0 fully saturated rings. The fourth-order valence-corrected chi connectivity index (χ4v) is 1.97. The lowest BCUT2D eigenvalue weighted by molar-refractivity contribution is -0.137. The minimum Gasteiger partial charge on any atom is -0.478 e. The molecule has 0 saturated heterocycles. The number of benzene rings is 2. The molecule has 2 aromatic rings. The van der Waals surface area contributed by atoms with Gasteiger partial charge in [0.25, 0.3) is 0 Å². The van der Waals surface area contributed by atoms with Crippen molar-refractivity contribution in [3.63, 3.8) is 0 Å². The van der Waals surface area contributed by atoms with E-state index in [4.69, 9.17) is 5.11 Å². The Hall–Kier alpha value is -2.63. The van der Waals surface area contributed by atoms with E-state index in [1.54, 1.807) is 0 Å². The fourth-order valence-electron chi connectivity index (χ4n) is 1.97. The van der Waals surface area contributed by atoms with Gasteiger partial charge in [0, 0.05) is 11.6 Å². The van der Waals surface area contributed by atoms with Gasteiger partial charge in [0.05, 0.1) is 5.56 Å². The highest BCUT2D eigenvalue weighted by molar-refractivity contribution is 5.86. The summed E-state index contributed by atoms with van der Waals surface area (Å²) in [4.78, 5) is 10.4. The van der Waals surface area contributed by atoms with Crippen LogP contribution in [0.3, 0.4) is 0 Å². The number of hydrogen-bond donors (Lipinski definition) is 1. The molecule has 1 N–H and O–H groups in total. The van der Waals surface area contributed by atoms with Crippen LogP contribution in [0.2, 0.25) is 0 Å². The van der Waals surface area contributed by atoms with Gasteiger partial charge < -0.3 is 5.11 Å². The zero-order chi connectivity index (χ0) is 16.3. The summed E-state index contributed by atoms with van der Waals surface area (Å²) in [5.41, 5.74) is -1.21. The number of aliphatic carboxylic acids is 1. The van der Waals surface area contributed by atoms with Gasteiger partial charge >= 0.3 is 12.1 Å². The van der Waals surface area contributed by atoms with E-state index in [0.29, 0.717) is 6.08 Å². The summed E-state index contributed by atoms with van der Waals surface area (Å²) in [6.45, 7) is 0. The summed E-state index contributed by atoms with van der Waals surface area (Å²) in [6.07, 6.45) is -3.21. The van der Waals surface area contributed by atoms with Crippen LogP contribution in [0.15, 0.2) is 48.5 Å². The highest BCUT2D eigenvalue weighted by atomic mass is 19.4. The van der Waals surface area contributed by atoms with Crippen molar-refractivity contribution in [2.75, 3.05) is 0 Å². The van der Waals surface area contributed by atoms with Gasteiger partial charge in [-0.1, -0.05) is 30.3 Å². The average molecular weight is 310 g/mol. The Balaban J connectivity index is 2.58. The molecule has 0 radical (unpaired) electrons. The lowest BCUT2D eigenvalue weighted by Crippen LogP contribution is -2.08. The lowest BCUT2D eigenvalue weighted by atomic mass is 9.98. The number of carboxylic acid groups (broad SMARTS) is 1. The van der Waals surface area contributed by atoms with E-state index in [1.165, 1.54) is 24.3 Å². The first-order valence-electron chi connectivity index (χ1n) is 6.16. The Kier molecular flexibility index (Phi) is 4.30. The molecule has 0 aromatic heterocycles. The van der Waals surface area contributed by atoms with Gasteiger partial charge in [0.1, 0.15) is 5.82 Å². The van der Waals surface area contributed by atoms with Crippen molar-refractivity contribution in [2.24, 2.45) is 0 Å². The summed E-state index contributed by atoms with van der Waals surface area (Å²) >= 11 is 0. The van der Waals surface area contributed by atoms with Gasteiger partial charge in [0.15, 0.2) is 0 Å². The van der Waals surface area contributed by atoms with Gasteiger partial charge in [0.2, 0.25) is 0 Å². The van der Waals surface area contributed by atoms with E-state index in [-0.39, 0.29) is 16.7 Å². The minimum atomic E-state index is -4.68. The first-order valence-corrected chi connectivity index (χ1v) is 6.16. The zero-order valence-electron chi connectivity index (χ0n) is 11.1. The van der Waals surface area contributed by atoms with E-state index in [0.717, 1.165) is 24.3 Å². The summed E-state index contributed by atoms with van der Waals surface area (Å²) < 4.78 is 53.0. The summed E-state index contributed by atoms with van der Waals surface area (Å²) in [6, 6.07) is 8.72. The van der Waals surface area contributed by atoms with Crippen LogP contribution in [0.25, 0.3) is 17.2 Å². The van der Waals surface area contributed by atoms with Crippen LogP contribution in [0, 0.1) is 5.82 Å². The molecule has 114 valence electrons. The largest absolute Gasteiger partial charge is 0.478 e. The third-order valence-corrected chi connectivity index (χ3v) is 2.95. The predicted octanol–water partition coefficient (Wildman–Crippen LogP) is 4.61. The standard InChI is InChI=1S/C16H10F4O2/c17-14-4-2-1-3-12(14)11-6-5-10(7-8-15(21)22)13(9-11)16(18,19)20/h1-9H,(H,21,22)/b8-7+. The normalized spacial score (nSPS) is 11.8. The zero-order valence-corrected chi connectivity index (χ0v) is 11.1. The lowest BCUT2D eigenvalue weighted by Gasteiger charge is -2.13. The molecule has 6 heteroatoms. The van der Waals surface area contributed by atoms with E-state index < -0.39 is 23.5 Å². The van der Waals surface area contributed by atoms with Crippen molar-refractivity contribution in [2.45, 2.75) is 6.18 Å². The Bertz CT molecular complexity index is 733. The molecule has 0 aliphatic rings. The topological polar surface area (TPSA) is 37.3 Å². The number of carboxylic acids is 1. The summed E-state index contributed by atoms with van der Waals surface area (Å²) in [7, 11) is 0. The first-order chi connectivity index (χ1) is 10.3. The molecular weight excluding hydrogens is 300 g/mol. The molecule has 0 heterocycles. The maximum absolute atomic E-state index is 13.7. The van der Waals surface area contributed by atoms with Gasteiger partial charge in [-0.2, -0.15) is 13.2 Å². The minimum absolute atomic E-state index is 0.0433. The van der Waals surface area contributed by atoms with Crippen LogP contribution < -0.4 is 0 Å². The Morgan fingerprint density at radius 1 is 1.09 bits per heavy atom. The molecule has 0 atom stereocenters. The van der Waals surface area contributed by atoms with Crippen molar-refractivity contribution in [3.05, 3.63) is 65.5 Å². The first kappa shape index (κ1) is 15.8. The molecule has 0 spiro atoms. The predicted molar refractivity (Wildman–Crippen MR) is 73.5 cm³/mol. The Labute approximate surface area is 123 Å². The molecule has 0 unspecified atom stereocenters. The van der Waals surface area contributed by atoms with E-state index in [9.17, 15) is 22.4 Å². The molecule has 22 heavy (non-hydrogen) atoms. The second kappa shape index (κ2) is 6.01.